The first-order valence-corrected chi connectivity index (χ1v) is 11.5. The third kappa shape index (κ3) is 3.91. The zero-order valence-electron chi connectivity index (χ0n) is 17.7. The first-order valence-electron chi connectivity index (χ1n) is 11.5. The van der Waals surface area contributed by atoms with E-state index in [9.17, 15) is 9.90 Å². The number of β-amino-alcohol motifs (C(OH)–C–C–N with tert-alkyl or cyclic N) is 1. The number of fused-ring (bicyclic) bond motifs is 2. The van der Waals surface area contributed by atoms with Gasteiger partial charge in [0, 0.05) is 44.0 Å². The fraction of sp³-hybridized carbons (Fsp3) is 0.583. The number of rotatable bonds is 3. The molecule has 6 heteroatoms. The molecule has 3 aliphatic rings. The molecule has 0 spiro atoms. The third-order valence-electron chi connectivity index (χ3n) is 7.19. The summed E-state index contributed by atoms with van der Waals surface area (Å²) < 4.78 is 0. The second-order valence-electron chi connectivity index (χ2n) is 9.34. The van der Waals surface area contributed by atoms with Crippen LogP contribution >= 0.6 is 0 Å². The van der Waals surface area contributed by atoms with Crippen molar-refractivity contribution >= 4 is 5.91 Å². The summed E-state index contributed by atoms with van der Waals surface area (Å²) in [6.07, 6.45) is 7.49. The van der Waals surface area contributed by atoms with Crippen molar-refractivity contribution in [3.63, 3.8) is 0 Å². The SMILES string of the molecule is O=C(c1n[nH]c2c1CCCC2)N1CCCC(O)(CN2CCc3ccccc3C2)CC1. The molecule has 5 rings (SSSR count). The molecule has 1 amide bonds. The van der Waals surface area contributed by atoms with Crippen LogP contribution in [0.25, 0.3) is 0 Å². The van der Waals surface area contributed by atoms with E-state index in [1.807, 2.05) is 4.90 Å². The number of hydrogen-bond donors (Lipinski definition) is 2. The van der Waals surface area contributed by atoms with E-state index in [1.54, 1.807) is 0 Å². The van der Waals surface area contributed by atoms with Gasteiger partial charge < -0.3 is 10.0 Å². The van der Waals surface area contributed by atoms with Crippen LogP contribution in [0.1, 0.15) is 65.0 Å². The van der Waals surface area contributed by atoms with Gasteiger partial charge in [-0.25, -0.2) is 0 Å². The Kier molecular flexibility index (Phi) is 5.37. The van der Waals surface area contributed by atoms with Gasteiger partial charge in [-0.2, -0.15) is 5.10 Å². The maximum absolute atomic E-state index is 13.2. The average Bonchev–Trinajstić information content (AvgIpc) is 3.10. The van der Waals surface area contributed by atoms with E-state index >= 15 is 0 Å². The molecule has 1 atom stereocenters. The molecule has 0 radical (unpaired) electrons. The van der Waals surface area contributed by atoms with Gasteiger partial charge >= 0.3 is 0 Å². The molecule has 2 N–H and O–H groups in total. The van der Waals surface area contributed by atoms with Gasteiger partial charge in [0.1, 0.15) is 0 Å². The quantitative estimate of drug-likeness (QED) is 0.819. The van der Waals surface area contributed by atoms with E-state index in [0.29, 0.717) is 31.7 Å². The summed E-state index contributed by atoms with van der Waals surface area (Å²) in [4.78, 5) is 17.5. The summed E-state index contributed by atoms with van der Waals surface area (Å²) in [6.45, 7) is 3.87. The third-order valence-corrected chi connectivity index (χ3v) is 7.19. The number of aryl methyl sites for hydroxylation is 1. The lowest BCUT2D eigenvalue weighted by atomic mass is 9.92. The second kappa shape index (κ2) is 8.16. The molecular weight excluding hydrogens is 376 g/mol. The molecule has 0 bridgehead atoms. The van der Waals surface area contributed by atoms with E-state index in [2.05, 4.69) is 39.4 Å². The number of likely N-dealkylation sites (tertiary alicyclic amines) is 1. The zero-order valence-corrected chi connectivity index (χ0v) is 17.7. The van der Waals surface area contributed by atoms with Crippen LogP contribution in [0.2, 0.25) is 0 Å². The maximum atomic E-state index is 13.2. The van der Waals surface area contributed by atoms with Crippen LogP contribution in [0.15, 0.2) is 24.3 Å². The number of aliphatic hydroxyl groups is 1. The largest absolute Gasteiger partial charge is 0.388 e. The molecule has 0 saturated carbocycles. The molecule has 2 aromatic rings. The molecule has 1 unspecified atom stereocenters. The Morgan fingerprint density at radius 1 is 1.03 bits per heavy atom. The average molecular weight is 409 g/mol. The number of aromatic amines is 1. The normalized spacial score (nSPS) is 24.8. The molecule has 160 valence electrons. The van der Waals surface area contributed by atoms with Crippen LogP contribution in [-0.4, -0.2) is 62.8 Å². The van der Waals surface area contributed by atoms with E-state index < -0.39 is 5.60 Å². The molecule has 1 aliphatic carbocycles. The summed E-state index contributed by atoms with van der Waals surface area (Å²) in [5, 5.41) is 18.8. The van der Waals surface area contributed by atoms with E-state index in [1.165, 1.54) is 17.5 Å². The highest BCUT2D eigenvalue weighted by molar-refractivity contribution is 5.94. The molecular formula is C24H32N4O2. The number of carbonyl (C=O) groups excluding carboxylic acids is 1. The van der Waals surface area contributed by atoms with Crippen LogP contribution in [0, 0.1) is 0 Å². The lowest BCUT2D eigenvalue weighted by Crippen LogP contribution is -2.45. The van der Waals surface area contributed by atoms with Gasteiger partial charge in [-0.3, -0.25) is 14.8 Å². The van der Waals surface area contributed by atoms with Crippen molar-refractivity contribution in [2.24, 2.45) is 0 Å². The zero-order chi connectivity index (χ0) is 20.6. The Bertz CT molecular complexity index is 924. The van der Waals surface area contributed by atoms with Crippen LogP contribution < -0.4 is 0 Å². The number of nitrogens with zero attached hydrogens (tertiary/aromatic N) is 3. The van der Waals surface area contributed by atoms with Crippen molar-refractivity contribution in [2.75, 3.05) is 26.2 Å². The van der Waals surface area contributed by atoms with E-state index in [-0.39, 0.29) is 5.91 Å². The molecule has 30 heavy (non-hydrogen) atoms. The molecule has 2 aliphatic heterocycles. The minimum Gasteiger partial charge on any atom is -0.388 e. The molecule has 6 nitrogen and oxygen atoms in total. The highest BCUT2D eigenvalue weighted by Gasteiger charge is 2.35. The lowest BCUT2D eigenvalue weighted by Gasteiger charge is -2.36. The number of nitrogens with one attached hydrogen (secondary N) is 1. The minimum atomic E-state index is -0.730. The summed E-state index contributed by atoms with van der Waals surface area (Å²) >= 11 is 0. The fourth-order valence-electron chi connectivity index (χ4n) is 5.45. The Morgan fingerprint density at radius 3 is 2.77 bits per heavy atom. The van der Waals surface area contributed by atoms with Crippen molar-refractivity contribution in [3.8, 4) is 0 Å². The first kappa shape index (κ1) is 19.8. The minimum absolute atomic E-state index is 0.0329. The number of hydrogen-bond acceptors (Lipinski definition) is 4. The van der Waals surface area contributed by atoms with Crippen LogP contribution in [0.3, 0.4) is 0 Å². The second-order valence-corrected chi connectivity index (χ2v) is 9.34. The van der Waals surface area contributed by atoms with Gasteiger partial charge in [0.25, 0.3) is 5.91 Å². The Labute approximate surface area is 178 Å². The number of aromatic nitrogens is 2. The summed E-state index contributed by atoms with van der Waals surface area (Å²) in [5.41, 5.74) is 4.95. The number of carbonyl (C=O) groups is 1. The van der Waals surface area contributed by atoms with Gasteiger partial charge in [0.2, 0.25) is 0 Å². The van der Waals surface area contributed by atoms with Crippen LogP contribution in [0.4, 0.5) is 0 Å². The predicted octanol–water partition coefficient (Wildman–Crippen LogP) is 2.70. The predicted molar refractivity (Wildman–Crippen MR) is 115 cm³/mol. The maximum Gasteiger partial charge on any atom is 0.274 e. The van der Waals surface area contributed by atoms with Crippen LogP contribution in [-0.2, 0) is 25.8 Å². The summed E-state index contributed by atoms with van der Waals surface area (Å²) in [7, 11) is 0. The summed E-state index contributed by atoms with van der Waals surface area (Å²) in [6, 6.07) is 8.61. The Hall–Kier alpha value is -2.18. The number of H-pyrrole nitrogens is 1. The topological polar surface area (TPSA) is 72.5 Å². The van der Waals surface area contributed by atoms with Gasteiger partial charge in [-0.1, -0.05) is 24.3 Å². The summed E-state index contributed by atoms with van der Waals surface area (Å²) in [5.74, 6) is 0.0329. The van der Waals surface area contributed by atoms with Gasteiger partial charge in [0.15, 0.2) is 5.69 Å². The van der Waals surface area contributed by atoms with Crippen molar-refractivity contribution in [1.82, 2.24) is 20.0 Å². The lowest BCUT2D eigenvalue weighted by molar-refractivity contribution is -0.0118. The molecule has 3 heterocycles. The molecule has 1 aromatic heterocycles. The van der Waals surface area contributed by atoms with Crippen molar-refractivity contribution in [2.45, 2.75) is 63.5 Å². The van der Waals surface area contributed by atoms with Crippen molar-refractivity contribution < 1.29 is 9.90 Å². The number of amides is 1. The Balaban J connectivity index is 1.23. The Morgan fingerprint density at radius 2 is 1.87 bits per heavy atom. The smallest absolute Gasteiger partial charge is 0.274 e. The van der Waals surface area contributed by atoms with E-state index in [4.69, 9.17) is 0 Å². The van der Waals surface area contributed by atoms with Crippen LogP contribution in [0.5, 0.6) is 0 Å². The van der Waals surface area contributed by atoms with Gasteiger partial charge in [-0.05, 0) is 62.5 Å². The molecule has 1 aromatic carbocycles. The highest BCUT2D eigenvalue weighted by Crippen LogP contribution is 2.28. The first-order chi connectivity index (χ1) is 14.6. The number of benzene rings is 1. The van der Waals surface area contributed by atoms with Gasteiger partial charge in [0.05, 0.1) is 5.60 Å². The van der Waals surface area contributed by atoms with Crippen molar-refractivity contribution in [3.05, 3.63) is 52.3 Å². The molecule has 1 saturated heterocycles. The van der Waals surface area contributed by atoms with Crippen molar-refractivity contribution in [1.29, 1.82) is 0 Å². The highest BCUT2D eigenvalue weighted by atomic mass is 16.3. The van der Waals surface area contributed by atoms with E-state index in [0.717, 1.165) is 62.9 Å². The molecule has 1 fully saturated rings. The van der Waals surface area contributed by atoms with Gasteiger partial charge in [-0.15, -0.1) is 0 Å². The standard InChI is InChI=1S/C24H32N4O2/c29-23(22-20-8-3-4-9-21(20)25-26-22)28-13-5-11-24(30,12-15-28)17-27-14-10-18-6-1-2-7-19(18)16-27/h1-2,6-7,30H,3-5,8-17H2,(H,25,26). The monoisotopic (exact) mass is 408 g/mol. The fourth-order valence-corrected chi connectivity index (χ4v) is 5.45.